The van der Waals surface area contributed by atoms with Crippen LogP contribution in [0.1, 0.15) is 22.3 Å². The van der Waals surface area contributed by atoms with Crippen LogP contribution < -0.4 is 4.90 Å². The summed E-state index contributed by atoms with van der Waals surface area (Å²) >= 11 is 0. The third-order valence-corrected chi connectivity index (χ3v) is 4.87. The van der Waals surface area contributed by atoms with Gasteiger partial charge in [0.1, 0.15) is 5.58 Å². The van der Waals surface area contributed by atoms with E-state index in [2.05, 4.69) is 32.0 Å². The van der Waals surface area contributed by atoms with Crippen LogP contribution in [0.25, 0.3) is 11.0 Å². The van der Waals surface area contributed by atoms with Gasteiger partial charge in [-0.25, -0.2) is 0 Å². The summed E-state index contributed by atoms with van der Waals surface area (Å²) in [5, 5.41) is 1.05. The summed E-state index contributed by atoms with van der Waals surface area (Å²) < 4.78 is 5.72. The maximum Gasteiger partial charge on any atom is 0.231 e. The zero-order valence-corrected chi connectivity index (χ0v) is 13.4. The van der Waals surface area contributed by atoms with Crippen LogP contribution in [0.15, 0.2) is 47.1 Å². The average molecular weight is 305 g/mol. The van der Waals surface area contributed by atoms with E-state index in [1.54, 1.807) is 6.26 Å². The van der Waals surface area contributed by atoms with Crippen molar-refractivity contribution in [3.8, 4) is 0 Å². The monoisotopic (exact) mass is 305 g/mol. The van der Waals surface area contributed by atoms with Gasteiger partial charge in [-0.1, -0.05) is 30.3 Å². The molecule has 3 heteroatoms. The summed E-state index contributed by atoms with van der Waals surface area (Å²) in [6, 6.07) is 12.3. The van der Waals surface area contributed by atoms with Gasteiger partial charge in [0.2, 0.25) is 5.91 Å². The number of anilines is 1. The number of fused-ring (bicyclic) bond motifs is 2. The molecule has 0 saturated carbocycles. The Kier molecular flexibility index (Phi) is 3.22. The predicted octanol–water partition coefficient (Wildman–Crippen LogP) is 4.18. The summed E-state index contributed by atoms with van der Waals surface area (Å²) in [5.41, 5.74) is 6.53. The minimum Gasteiger partial charge on any atom is -0.464 e. The molecule has 1 aromatic heterocycles. The van der Waals surface area contributed by atoms with Gasteiger partial charge in [-0.15, -0.1) is 0 Å². The number of rotatable bonds is 2. The van der Waals surface area contributed by atoms with E-state index in [9.17, 15) is 4.79 Å². The van der Waals surface area contributed by atoms with Crippen LogP contribution in [0.5, 0.6) is 0 Å². The molecule has 1 aliphatic heterocycles. The molecule has 1 amide bonds. The molecule has 0 atom stereocenters. The van der Waals surface area contributed by atoms with Crippen LogP contribution in [0, 0.1) is 13.8 Å². The van der Waals surface area contributed by atoms with Crippen molar-refractivity contribution in [2.24, 2.45) is 0 Å². The molecule has 0 bridgehead atoms. The molecule has 0 radical (unpaired) electrons. The SMILES string of the molecule is Cc1ccc2c(CC(=O)N3CCc4ccccc43)coc2c1C. The second kappa shape index (κ2) is 5.27. The number of carbonyl (C=O) groups excluding carboxylic acids is 1. The fourth-order valence-corrected chi connectivity index (χ4v) is 3.38. The number of hydrogen-bond donors (Lipinski definition) is 0. The number of furan rings is 1. The van der Waals surface area contributed by atoms with Gasteiger partial charge in [-0.3, -0.25) is 4.79 Å². The molecule has 4 rings (SSSR count). The number of para-hydroxylation sites is 1. The first kappa shape index (κ1) is 14.1. The van der Waals surface area contributed by atoms with Crippen LogP contribution in [-0.2, 0) is 17.6 Å². The molecule has 0 N–H and O–H groups in total. The summed E-state index contributed by atoms with van der Waals surface area (Å²) in [6.45, 7) is 4.90. The fraction of sp³-hybridized carbons (Fsp3) is 0.250. The molecule has 3 nitrogen and oxygen atoms in total. The quantitative estimate of drug-likeness (QED) is 0.711. The molecule has 0 aliphatic carbocycles. The van der Waals surface area contributed by atoms with Crippen molar-refractivity contribution < 1.29 is 9.21 Å². The van der Waals surface area contributed by atoms with E-state index in [0.717, 1.165) is 40.7 Å². The molecule has 2 heterocycles. The Morgan fingerprint density at radius 1 is 1.17 bits per heavy atom. The zero-order chi connectivity index (χ0) is 16.0. The van der Waals surface area contributed by atoms with Gasteiger partial charge in [0.15, 0.2) is 0 Å². The lowest BCUT2D eigenvalue weighted by Crippen LogP contribution is -2.30. The molecule has 23 heavy (non-hydrogen) atoms. The van der Waals surface area contributed by atoms with Gasteiger partial charge >= 0.3 is 0 Å². The second-order valence-electron chi connectivity index (χ2n) is 6.25. The van der Waals surface area contributed by atoms with E-state index in [0.29, 0.717) is 6.42 Å². The van der Waals surface area contributed by atoms with Crippen LogP contribution in [0.2, 0.25) is 0 Å². The van der Waals surface area contributed by atoms with Crippen molar-refractivity contribution in [2.75, 3.05) is 11.4 Å². The first-order valence-electron chi connectivity index (χ1n) is 7.99. The summed E-state index contributed by atoms with van der Waals surface area (Å²) in [4.78, 5) is 14.7. The van der Waals surface area contributed by atoms with Crippen molar-refractivity contribution in [3.63, 3.8) is 0 Å². The van der Waals surface area contributed by atoms with Gasteiger partial charge in [0, 0.05) is 23.2 Å². The van der Waals surface area contributed by atoms with Crippen molar-refractivity contribution in [3.05, 3.63) is 64.9 Å². The molecule has 0 saturated heterocycles. The van der Waals surface area contributed by atoms with Crippen molar-refractivity contribution in [2.45, 2.75) is 26.7 Å². The first-order chi connectivity index (χ1) is 11.1. The van der Waals surface area contributed by atoms with E-state index < -0.39 is 0 Å². The third-order valence-electron chi connectivity index (χ3n) is 4.87. The number of nitrogens with zero attached hydrogens (tertiary/aromatic N) is 1. The molecule has 0 spiro atoms. The van der Waals surface area contributed by atoms with E-state index in [-0.39, 0.29) is 5.91 Å². The highest BCUT2D eigenvalue weighted by Crippen LogP contribution is 2.30. The Balaban J connectivity index is 1.64. The molecule has 0 fully saturated rings. The van der Waals surface area contributed by atoms with Crippen molar-refractivity contribution in [1.82, 2.24) is 0 Å². The average Bonchev–Trinajstić information content (AvgIpc) is 3.15. The van der Waals surface area contributed by atoms with Crippen LogP contribution >= 0.6 is 0 Å². The number of hydrogen-bond acceptors (Lipinski definition) is 2. The van der Waals surface area contributed by atoms with Crippen molar-refractivity contribution >= 4 is 22.6 Å². The van der Waals surface area contributed by atoms with E-state index in [1.165, 1.54) is 11.1 Å². The fourth-order valence-electron chi connectivity index (χ4n) is 3.38. The van der Waals surface area contributed by atoms with E-state index in [4.69, 9.17) is 4.42 Å². The van der Waals surface area contributed by atoms with E-state index >= 15 is 0 Å². The molecular formula is C20H19NO2. The highest BCUT2D eigenvalue weighted by molar-refractivity contribution is 5.99. The lowest BCUT2D eigenvalue weighted by molar-refractivity contribution is -0.117. The third kappa shape index (κ3) is 2.24. The Labute approximate surface area is 135 Å². The molecular weight excluding hydrogens is 286 g/mol. The smallest absolute Gasteiger partial charge is 0.231 e. The number of carbonyl (C=O) groups is 1. The normalized spacial score (nSPS) is 13.6. The topological polar surface area (TPSA) is 33.5 Å². The largest absolute Gasteiger partial charge is 0.464 e. The Hall–Kier alpha value is -2.55. The van der Waals surface area contributed by atoms with E-state index in [1.807, 2.05) is 23.1 Å². The Morgan fingerprint density at radius 3 is 2.87 bits per heavy atom. The number of benzene rings is 2. The lowest BCUT2D eigenvalue weighted by Gasteiger charge is -2.17. The minimum atomic E-state index is 0.135. The van der Waals surface area contributed by atoms with Crippen molar-refractivity contribution in [1.29, 1.82) is 0 Å². The molecule has 1 aliphatic rings. The predicted molar refractivity (Wildman–Crippen MR) is 91.9 cm³/mol. The van der Waals surface area contributed by atoms with Crippen LogP contribution in [-0.4, -0.2) is 12.5 Å². The number of amides is 1. The molecule has 3 aromatic rings. The Morgan fingerprint density at radius 2 is 2.00 bits per heavy atom. The zero-order valence-electron chi connectivity index (χ0n) is 13.4. The highest BCUT2D eigenvalue weighted by Gasteiger charge is 2.25. The highest BCUT2D eigenvalue weighted by atomic mass is 16.3. The summed E-state index contributed by atoms with van der Waals surface area (Å²) in [6.07, 6.45) is 3.05. The Bertz CT molecular complexity index is 907. The molecule has 2 aromatic carbocycles. The van der Waals surface area contributed by atoms with Crippen LogP contribution in [0.4, 0.5) is 5.69 Å². The maximum absolute atomic E-state index is 12.8. The maximum atomic E-state index is 12.8. The van der Waals surface area contributed by atoms with Gasteiger partial charge in [0.05, 0.1) is 12.7 Å². The molecule has 116 valence electrons. The van der Waals surface area contributed by atoms with Gasteiger partial charge in [-0.2, -0.15) is 0 Å². The minimum absolute atomic E-state index is 0.135. The standard InChI is InChI=1S/C20H19NO2/c1-13-7-8-17-16(12-23-20(17)14(13)2)11-19(22)21-10-9-15-5-3-4-6-18(15)21/h3-8,12H,9-11H2,1-2H3. The van der Waals surface area contributed by atoms with Crippen LogP contribution in [0.3, 0.4) is 0 Å². The number of aryl methyl sites for hydroxylation is 2. The second-order valence-corrected chi connectivity index (χ2v) is 6.25. The van der Waals surface area contributed by atoms with Gasteiger partial charge in [-0.05, 0) is 43.0 Å². The van der Waals surface area contributed by atoms with Gasteiger partial charge in [0.25, 0.3) is 0 Å². The summed E-state index contributed by atoms with van der Waals surface area (Å²) in [5.74, 6) is 0.135. The molecule has 0 unspecified atom stereocenters. The van der Waals surface area contributed by atoms with Gasteiger partial charge < -0.3 is 9.32 Å². The lowest BCUT2D eigenvalue weighted by atomic mass is 10.0. The first-order valence-corrected chi connectivity index (χ1v) is 7.99. The summed E-state index contributed by atoms with van der Waals surface area (Å²) in [7, 11) is 0.